The van der Waals surface area contributed by atoms with Crippen LogP contribution in [-0.4, -0.2) is 27.9 Å². The Morgan fingerprint density at radius 2 is 1.68 bits per heavy atom. The fraction of sp³-hybridized carbons (Fsp3) is 0.211. The largest absolute Gasteiger partial charge is 0.497 e. The lowest BCUT2D eigenvalue weighted by molar-refractivity contribution is -0.116. The van der Waals surface area contributed by atoms with Crippen molar-refractivity contribution in [3.8, 4) is 5.75 Å². The summed E-state index contributed by atoms with van der Waals surface area (Å²) in [7, 11) is 3.41. The number of carbonyl (C=O) groups is 2. The zero-order valence-electron chi connectivity index (χ0n) is 14.4. The van der Waals surface area contributed by atoms with E-state index in [4.69, 9.17) is 4.74 Å². The molecule has 0 aliphatic carbocycles. The van der Waals surface area contributed by atoms with Gasteiger partial charge in [0.2, 0.25) is 11.5 Å². The molecule has 3 aromatic rings. The van der Waals surface area contributed by atoms with E-state index in [0.717, 1.165) is 11.0 Å². The number of nitrogens with zero attached hydrogens (tertiary/aromatic N) is 3. The van der Waals surface area contributed by atoms with Crippen LogP contribution in [0.15, 0.2) is 53.5 Å². The number of imidazole rings is 1. The molecule has 1 amide bonds. The Kier molecular flexibility index (Phi) is 4.52. The summed E-state index contributed by atoms with van der Waals surface area (Å²) in [5, 5.41) is 0. The smallest absolute Gasteiger partial charge is 0.245 e. The molecule has 0 unspecified atom stereocenters. The second-order valence-corrected chi connectivity index (χ2v) is 5.72. The minimum absolute atomic E-state index is 0.0657. The number of aromatic nitrogens is 2. The molecule has 1 aromatic heterocycles. The van der Waals surface area contributed by atoms with Gasteiger partial charge < -0.3 is 13.9 Å². The van der Waals surface area contributed by atoms with Crippen LogP contribution >= 0.6 is 0 Å². The van der Waals surface area contributed by atoms with Crippen LogP contribution in [0, 0.1) is 0 Å². The lowest BCUT2D eigenvalue weighted by Gasteiger charge is -2.06. The summed E-state index contributed by atoms with van der Waals surface area (Å²) in [6, 6.07) is 14.6. The summed E-state index contributed by atoms with van der Waals surface area (Å²) >= 11 is 0. The van der Waals surface area contributed by atoms with Crippen LogP contribution in [0.4, 0.5) is 0 Å². The highest BCUT2D eigenvalue weighted by Crippen LogP contribution is 2.15. The van der Waals surface area contributed by atoms with Crippen molar-refractivity contribution < 1.29 is 14.3 Å². The number of carbonyl (C=O) groups excluding carboxylic acids is 2. The van der Waals surface area contributed by atoms with Crippen LogP contribution < -0.4 is 10.4 Å². The average Bonchev–Trinajstić information content (AvgIpc) is 2.87. The van der Waals surface area contributed by atoms with E-state index in [2.05, 4.69) is 4.99 Å². The number of fused-ring (bicyclic) bond motifs is 1. The first-order valence-corrected chi connectivity index (χ1v) is 7.88. The van der Waals surface area contributed by atoms with Gasteiger partial charge in [0, 0.05) is 19.5 Å². The summed E-state index contributed by atoms with van der Waals surface area (Å²) in [6.45, 7) is 1.49. The molecule has 6 nitrogen and oxygen atoms in total. The molecule has 0 spiro atoms. The van der Waals surface area contributed by atoms with Crippen molar-refractivity contribution in [3.63, 3.8) is 0 Å². The molecule has 25 heavy (non-hydrogen) atoms. The number of hydrogen-bond acceptors (Lipinski definition) is 3. The molecule has 128 valence electrons. The van der Waals surface area contributed by atoms with E-state index in [1.165, 1.54) is 6.92 Å². The molecule has 3 rings (SSSR count). The molecule has 0 atom stereocenters. The molecule has 0 aliphatic rings. The standard InChI is InChI=1S/C19H19N3O3/c1-13(23)20-19-21(2)16-6-4-5-7-17(16)22(19)12-18(24)14-8-10-15(25-3)11-9-14/h4-11H,12H2,1-3H3. The van der Waals surface area contributed by atoms with E-state index < -0.39 is 0 Å². The minimum Gasteiger partial charge on any atom is -0.497 e. The molecular weight excluding hydrogens is 318 g/mol. The van der Waals surface area contributed by atoms with Gasteiger partial charge >= 0.3 is 0 Å². The lowest BCUT2D eigenvalue weighted by Crippen LogP contribution is -2.28. The number of rotatable bonds is 4. The third-order valence-corrected chi connectivity index (χ3v) is 4.05. The zero-order chi connectivity index (χ0) is 18.0. The van der Waals surface area contributed by atoms with Gasteiger partial charge in [-0.25, -0.2) is 0 Å². The molecule has 2 aromatic carbocycles. The maximum atomic E-state index is 12.7. The third-order valence-electron chi connectivity index (χ3n) is 4.05. The molecule has 0 bridgehead atoms. The molecule has 1 heterocycles. The van der Waals surface area contributed by atoms with Crippen molar-refractivity contribution in [3.05, 3.63) is 59.7 Å². The second-order valence-electron chi connectivity index (χ2n) is 5.72. The van der Waals surface area contributed by atoms with E-state index in [1.807, 2.05) is 35.9 Å². The fourth-order valence-corrected chi connectivity index (χ4v) is 2.82. The van der Waals surface area contributed by atoms with Crippen molar-refractivity contribution in [1.29, 1.82) is 0 Å². The molecular formula is C19H19N3O3. The van der Waals surface area contributed by atoms with Crippen LogP contribution in [-0.2, 0) is 18.4 Å². The van der Waals surface area contributed by atoms with Crippen LogP contribution in [0.2, 0.25) is 0 Å². The maximum absolute atomic E-state index is 12.7. The van der Waals surface area contributed by atoms with Crippen LogP contribution in [0.5, 0.6) is 5.75 Å². The summed E-state index contributed by atoms with van der Waals surface area (Å²) in [6.07, 6.45) is 0. The summed E-state index contributed by atoms with van der Waals surface area (Å²) < 4.78 is 8.70. The summed E-state index contributed by atoms with van der Waals surface area (Å²) in [5.74, 6) is 0.321. The Balaban J connectivity index is 2.08. The van der Waals surface area contributed by atoms with Gasteiger partial charge in [0.15, 0.2) is 5.78 Å². The van der Waals surface area contributed by atoms with Gasteiger partial charge in [-0.15, -0.1) is 0 Å². The van der Waals surface area contributed by atoms with Gasteiger partial charge in [0.1, 0.15) is 5.75 Å². The number of ether oxygens (including phenoxy) is 1. The highest BCUT2D eigenvalue weighted by Gasteiger charge is 2.14. The Hall–Kier alpha value is -3.15. The number of ketones is 1. The lowest BCUT2D eigenvalue weighted by atomic mass is 10.1. The quantitative estimate of drug-likeness (QED) is 0.686. The highest BCUT2D eigenvalue weighted by atomic mass is 16.5. The van der Waals surface area contributed by atoms with Crippen LogP contribution in [0.25, 0.3) is 11.0 Å². The third kappa shape index (κ3) is 3.24. The van der Waals surface area contributed by atoms with E-state index >= 15 is 0 Å². The number of amides is 1. The van der Waals surface area contributed by atoms with Gasteiger partial charge in [-0.3, -0.25) is 9.59 Å². The minimum atomic E-state index is -0.309. The zero-order valence-corrected chi connectivity index (χ0v) is 14.4. The predicted octanol–water partition coefficient (Wildman–Crippen LogP) is 2.32. The molecule has 0 radical (unpaired) electrons. The number of benzene rings is 2. The second kappa shape index (κ2) is 6.76. The molecule has 0 saturated carbocycles. The molecule has 0 saturated heterocycles. The van der Waals surface area contributed by atoms with Crippen molar-refractivity contribution in [2.75, 3.05) is 7.11 Å². The topological polar surface area (TPSA) is 65.6 Å². The molecule has 6 heteroatoms. The fourth-order valence-electron chi connectivity index (χ4n) is 2.82. The van der Waals surface area contributed by atoms with Crippen molar-refractivity contribution in [2.45, 2.75) is 13.5 Å². The van der Waals surface area contributed by atoms with Gasteiger partial charge in [-0.1, -0.05) is 12.1 Å². The summed E-state index contributed by atoms with van der Waals surface area (Å²) in [4.78, 5) is 28.3. The summed E-state index contributed by atoms with van der Waals surface area (Å²) in [5.41, 5.74) is 2.79. The van der Waals surface area contributed by atoms with Crippen molar-refractivity contribution >= 4 is 22.7 Å². The van der Waals surface area contributed by atoms with E-state index in [1.54, 1.807) is 35.9 Å². The van der Waals surface area contributed by atoms with E-state index in [9.17, 15) is 9.59 Å². The molecule has 0 fully saturated rings. The average molecular weight is 337 g/mol. The number of para-hydroxylation sites is 2. The Labute approximate surface area is 145 Å². The van der Waals surface area contributed by atoms with E-state index in [-0.39, 0.29) is 18.2 Å². The molecule has 0 N–H and O–H groups in total. The highest BCUT2D eigenvalue weighted by molar-refractivity contribution is 5.96. The predicted molar refractivity (Wildman–Crippen MR) is 94.5 cm³/mol. The van der Waals surface area contributed by atoms with Gasteiger partial charge in [-0.2, -0.15) is 4.99 Å². The Bertz CT molecular complexity index is 1010. The normalized spacial score (nSPS) is 11.7. The van der Waals surface area contributed by atoms with Gasteiger partial charge in [-0.05, 0) is 36.4 Å². The van der Waals surface area contributed by atoms with Gasteiger partial charge in [0.05, 0.1) is 24.7 Å². The first kappa shape index (κ1) is 16.7. The van der Waals surface area contributed by atoms with Crippen molar-refractivity contribution in [1.82, 2.24) is 9.13 Å². The Morgan fingerprint density at radius 1 is 1.04 bits per heavy atom. The number of hydrogen-bond donors (Lipinski definition) is 0. The molecule has 0 aliphatic heterocycles. The van der Waals surface area contributed by atoms with Crippen LogP contribution in [0.3, 0.4) is 0 Å². The first-order chi connectivity index (χ1) is 12.0. The monoisotopic (exact) mass is 337 g/mol. The SMILES string of the molecule is COc1ccc(C(=O)Cn2c(=NC(C)=O)n(C)c3ccccc32)cc1. The number of Topliss-reactive ketones (excluding diaryl/α,β-unsaturated/α-hetero) is 1. The van der Waals surface area contributed by atoms with Crippen molar-refractivity contribution in [2.24, 2.45) is 12.0 Å². The van der Waals surface area contributed by atoms with Crippen LogP contribution in [0.1, 0.15) is 17.3 Å². The van der Waals surface area contributed by atoms with E-state index in [0.29, 0.717) is 16.9 Å². The van der Waals surface area contributed by atoms with Gasteiger partial charge in [0.25, 0.3) is 0 Å². The number of methoxy groups -OCH3 is 1. The first-order valence-electron chi connectivity index (χ1n) is 7.88. The number of aryl methyl sites for hydroxylation is 1. The maximum Gasteiger partial charge on any atom is 0.245 e. The Morgan fingerprint density at radius 3 is 2.28 bits per heavy atom.